The van der Waals surface area contributed by atoms with Gasteiger partial charge in [0.15, 0.2) is 5.69 Å². The Balaban J connectivity index is 1.44. The predicted octanol–water partition coefficient (Wildman–Crippen LogP) is 4.80. The molecule has 0 aliphatic heterocycles. The Hall–Kier alpha value is -2.59. The van der Waals surface area contributed by atoms with Gasteiger partial charge < -0.3 is 9.15 Å². The van der Waals surface area contributed by atoms with Gasteiger partial charge in [-0.1, -0.05) is 6.07 Å². The molecule has 6 nitrogen and oxygen atoms in total. The van der Waals surface area contributed by atoms with Crippen LogP contribution in [0.3, 0.4) is 0 Å². The molecular formula is C22H21F3N2O4S. The fourth-order valence-corrected chi connectivity index (χ4v) is 5.89. The first-order valence-corrected chi connectivity index (χ1v) is 11.8. The number of sulfonamides is 1. The Bertz CT molecular complexity index is 1290. The van der Waals surface area contributed by atoms with Crippen LogP contribution in [-0.4, -0.2) is 18.7 Å². The fraction of sp³-hybridized carbons (Fsp3) is 0.409. The third kappa shape index (κ3) is 3.86. The first-order valence-electron chi connectivity index (χ1n) is 10.3. The molecule has 2 fully saturated rings. The SMILES string of the molecule is Cc1oc2ccc(OCc3cccnc3C(F)(F)F)cc2c1C1(NS(=O)(=O)C2CC2)CC1. The summed E-state index contributed by atoms with van der Waals surface area (Å²) in [5.41, 5.74) is -0.423. The second kappa shape index (κ2) is 7.21. The second-order valence-corrected chi connectivity index (χ2v) is 10.4. The molecule has 170 valence electrons. The molecule has 2 heterocycles. The van der Waals surface area contributed by atoms with Crippen molar-refractivity contribution in [3.05, 3.63) is 59.1 Å². The number of ether oxygens (including phenoxy) is 1. The number of fused-ring (bicyclic) bond motifs is 1. The Kier molecular flexibility index (Phi) is 4.79. The maximum absolute atomic E-state index is 13.2. The minimum atomic E-state index is -4.57. The first kappa shape index (κ1) is 21.3. The van der Waals surface area contributed by atoms with Crippen LogP contribution in [-0.2, 0) is 28.3 Å². The van der Waals surface area contributed by atoms with Crippen molar-refractivity contribution in [3.8, 4) is 5.75 Å². The number of nitrogens with one attached hydrogen (secondary N) is 1. The molecule has 1 N–H and O–H groups in total. The van der Waals surface area contributed by atoms with Gasteiger partial charge in [-0.2, -0.15) is 13.2 Å². The summed E-state index contributed by atoms with van der Waals surface area (Å²) in [5, 5.41) is 0.359. The monoisotopic (exact) mass is 466 g/mol. The zero-order valence-corrected chi connectivity index (χ0v) is 18.0. The minimum absolute atomic E-state index is 0.0699. The van der Waals surface area contributed by atoms with Gasteiger partial charge in [0.2, 0.25) is 10.0 Å². The van der Waals surface area contributed by atoms with Crippen LogP contribution >= 0.6 is 0 Å². The summed E-state index contributed by atoms with van der Waals surface area (Å²) in [7, 11) is -3.41. The van der Waals surface area contributed by atoms with Crippen molar-refractivity contribution >= 4 is 21.0 Å². The lowest BCUT2D eigenvalue weighted by atomic mass is 10.0. The van der Waals surface area contributed by atoms with Gasteiger partial charge in [0.05, 0.1) is 10.8 Å². The van der Waals surface area contributed by atoms with E-state index in [2.05, 4.69) is 9.71 Å². The number of alkyl halides is 3. The summed E-state index contributed by atoms with van der Waals surface area (Å²) >= 11 is 0. The molecule has 32 heavy (non-hydrogen) atoms. The number of furan rings is 1. The van der Waals surface area contributed by atoms with E-state index in [1.807, 2.05) is 0 Å². The summed E-state index contributed by atoms with van der Waals surface area (Å²) in [6.45, 7) is 1.48. The van der Waals surface area contributed by atoms with Crippen molar-refractivity contribution in [1.82, 2.24) is 9.71 Å². The van der Waals surface area contributed by atoms with Crippen LogP contribution in [0.25, 0.3) is 11.0 Å². The minimum Gasteiger partial charge on any atom is -0.489 e. The molecule has 10 heteroatoms. The second-order valence-electron chi connectivity index (χ2n) is 8.42. The van der Waals surface area contributed by atoms with E-state index in [1.165, 1.54) is 12.1 Å². The van der Waals surface area contributed by atoms with Crippen molar-refractivity contribution < 1.29 is 30.7 Å². The zero-order valence-electron chi connectivity index (χ0n) is 17.2. The van der Waals surface area contributed by atoms with E-state index < -0.39 is 27.4 Å². The molecule has 5 rings (SSSR count). The number of nitrogens with zero attached hydrogens (tertiary/aromatic N) is 1. The van der Waals surface area contributed by atoms with Crippen molar-refractivity contribution in [2.75, 3.05) is 0 Å². The van der Waals surface area contributed by atoms with Crippen molar-refractivity contribution in [3.63, 3.8) is 0 Å². The molecule has 0 amide bonds. The summed E-state index contributed by atoms with van der Waals surface area (Å²) < 4.78 is 79.1. The van der Waals surface area contributed by atoms with Crippen LogP contribution in [0, 0.1) is 6.92 Å². The number of aryl methyl sites for hydroxylation is 1. The molecule has 0 bridgehead atoms. The normalized spacial score (nSPS) is 18.1. The summed E-state index contributed by atoms with van der Waals surface area (Å²) in [5.74, 6) is 0.970. The van der Waals surface area contributed by atoms with Gasteiger partial charge in [0.25, 0.3) is 0 Å². The number of hydrogen-bond donors (Lipinski definition) is 1. The highest BCUT2D eigenvalue weighted by atomic mass is 32.2. The van der Waals surface area contributed by atoms with Crippen LogP contribution in [0.2, 0.25) is 0 Å². The number of rotatable bonds is 7. The van der Waals surface area contributed by atoms with Gasteiger partial charge in [-0.15, -0.1) is 0 Å². The van der Waals surface area contributed by atoms with Crippen molar-refractivity contribution in [1.29, 1.82) is 0 Å². The summed E-state index contributed by atoms with van der Waals surface area (Å²) in [6, 6.07) is 7.74. The smallest absolute Gasteiger partial charge is 0.433 e. The fourth-order valence-electron chi connectivity index (χ4n) is 4.12. The van der Waals surface area contributed by atoms with Gasteiger partial charge in [-0.05, 0) is 56.9 Å². The third-order valence-corrected chi connectivity index (χ3v) is 7.94. The molecule has 2 aromatic heterocycles. The molecule has 0 spiro atoms. The van der Waals surface area contributed by atoms with Gasteiger partial charge in [-0.3, -0.25) is 4.98 Å². The summed E-state index contributed by atoms with van der Waals surface area (Å²) in [4.78, 5) is 3.44. The van der Waals surface area contributed by atoms with Crippen LogP contribution in [0.15, 0.2) is 40.9 Å². The maximum Gasteiger partial charge on any atom is 0.433 e. The van der Waals surface area contributed by atoms with Gasteiger partial charge in [0.1, 0.15) is 23.7 Å². The number of benzene rings is 1. The molecular weight excluding hydrogens is 445 g/mol. The first-order chi connectivity index (χ1) is 15.1. The standard InChI is InChI=1S/C22H21F3N2O4S/c1-13-19(21(8-9-21)27-32(28,29)16-5-6-16)17-11-15(4-7-18(17)31-13)30-12-14-3-2-10-26-20(14)22(23,24)25/h2-4,7,10-11,16,27H,5-6,8-9,12H2,1H3. The van der Waals surface area contributed by atoms with Crippen LogP contribution in [0.1, 0.15) is 48.3 Å². The number of pyridine rings is 1. The van der Waals surface area contributed by atoms with Crippen molar-refractivity contribution in [2.45, 2.75) is 56.2 Å². The number of aromatic nitrogens is 1. The lowest BCUT2D eigenvalue weighted by Crippen LogP contribution is -2.37. The maximum atomic E-state index is 13.2. The van der Waals surface area contributed by atoms with E-state index in [0.29, 0.717) is 48.2 Å². The molecule has 2 aliphatic rings. The zero-order chi connectivity index (χ0) is 22.7. The lowest BCUT2D eigenvalue weighted by molar-refractivity contribution is -0.142. The topological polar surface area (TPSA) is 81.4 Å². The molecule has 0 radical (unpaired) electrons. The van der Waals surface area contributed by atoms with Crippen molar-refractivity contribution in [2.24, 2.45) is 0 Å². The molecule has 1 aromatic carbocycles. The van der Waals surface area contributed by atoms with Crippen LogP contribution < -0.4 is 9.46 Å². The van der Waals surface area contributed by atoms with E-state index >= 15 is 0 Å². The highest BCUT2D eigenvalue weighted by Gasteiger charge is 2.52. The Morgan fingerprint density at radius 2 is 2.00 bits per heavy atom. The Morgan fingerprint density at radius 3 is 2.66 bits per heavy atom. The summed E-state index contributed by atoms with van der Waals surface area (Å²) in [6.07, 6.45) is -0.827. The quantitative estimate of drug-likeness (QED) is 0.541. The Morgan fingerprint density at radius 1 is 1.25 bits per heavy atom. The highest BCUT2D eigenvalue weighted by molar-refractivity contribution is 7.90. The molecule has 0 atom stereocenters. The van der Waals surface area contributed by atoms with Gasteiger partial charge >= 0.3 is 6.18 Å². The van der Waals surface area contributed by atoms with Crippen LogP contribution in [0.5, 0.6) is 5.75 Å². The average molecular weight is 466 g/mol. The van der Waals surface area contributed by atoms with Gasteiger partial charge in [-0.25, -0.2) is 13.1 Å². The predicted molar refractivity (Wildman–Crippen MR) is 111 cm³/mol. The van der Waals surface area contributed by atoms with Gasteiger partial charge in [0, 0.05) is 22.7 Å². The van der Waals surface area contributed by atoms with E-state index in [0.717, 1.165) is 11.8 Å². The van der Waals surface area contributed by atoms with E-state index in [1.54, 1.807) is 25.1 Å². The molecule has 3 aromatic rings. The van der Waals surface area contributed by atoms with E-state index in [4.69, 9.17) is 9.15 Å². The highest BCUT2D eigenvalue weighted by Crippen LogP contribution is 2.52. The Labute approximate surface area is 182 Å². The third-order valence-electron chi connectivity index (χ3n) is 5.92. The number of halogens is 3. The van der Waals surface area contributed by atoms with E-state index in [-0.39, 0.29) is 17.4 Å². The molecule has 0 unspecified atom stereocenters. The van der Waals surface area contributed by atoms with Crippen LogP contribution in [0.4, 0.5) is 13.2 Å². The lowest BCUT2D eigenvalue weighted by Gasteiger charge is -2.18. The average Bonchev–Trinajstić information content (AvgIpc) is 3.64. The molecule has 2 saturated carbocycles. The molecule has 2 aliphatic carbocycles. The largest absolute Gasteiger partial charge is 0.489 e. The molecule has 0 saturated heterocycles. The number of hydrogen-bond acceptors (Lipinski definition) is 5. The van der Waals surface area contributed by atoms with E-state index in [9.17, 15) is 21.6 Å².